The first-order valence-electron chi connectivity index (χ1n) is 6.28. The van der Waals surface area contributed by atoms with Crippen LogP contribution >= 0.6 is 11.6 Å². The third-order valence-corrected chi connectivity index (χ3v) is 3.39. The number of aromatic nitrogens is 1. The van der Waals surface area contributed by atoms with E-state index in [4.69, 9.17) is 11.6 Å². The fourth-order valence-electron chi connectivity index (χ4n) is 2.01. The van der Waals surface area contributed by atoms with Crippen molar-refractivity contribution in [2.75, 3.05) is 5.32 Å². The minimum absolute atomic E-state index is 0.0721. The standard InChI is InChI=1S/C16H11ClN2O2/c17-13-5-4-12(9-15(13)20)19-16(21)11-3-6-14-10(8-11)2-1-7-18-14/h1-9,20H,(H,19,21). The number of aromatic hydroxyl groups is 1. The monoisotopic (exact) mass is 298 g/mol. The maximum absolute atomic E-state index is 12.2. The molecule has 0 aliphatic carbocycles. The van der Waals surface area contributed by atoms with Gasteiger partial charge in [0, 0.05) is 28.9 Å². The predicted octanol–water partition coefficient (Wildman–Crippen LogP) is 3.85. The van der Waals surface area contributed by atoms with Gasteiger partial charge in [0.05, 0.1) is 10.5 Å². The fourth-order valence-corrected chi connectivity index (χ4v) is 2.13. The molecule has 5 heteroatoms. The smallest absolute Gasteiger partial charge is 0.255 e. The first-order chi connectivity index (χ1) is 10.1. The third-order valence-electron chi connectivity index (χ3n) is 3.07. The number of phenols is 1. The number of rotatable bonds is 2. The van der Waals surface area contributed by atoms with Gasteiger partial charge in [-0.1, -0.05) is 17.7 Å². The lowest BCUT2D eigenvalue weighted by Crippen LogP contribution is -2.11. The molecule has 1 amide bonds. The average Bonchev–Trinajstić information content (AvgIpc) is 2.50. The summed E-state index contributed by atoms with van der Waals surface area (Å²) in [6.07, 6.45) is 1.71. The summed E-state index contributed by atoms with van der Waals surface area (Å²) in [6.45, 7) is 0. The van der Waals surface area contributed by atoms with Gasteiger partial charge in [0.15, 0.2) is 0 Å². The topological polar surface area (TPSA) is 62.2 Å². The third kappa shape index (κ3) is 2.80. The molecule has 0 aliphatic rings. The van der Waals surface area contributed by atoms with Crippen molar-refractivity contribution in [2.45, 2.75) is 0 Å². The summed E-state index contributed by atoms with van der Waals surface area (Å²) < 4.78 is 0. The van der Waals surface area contributed by atoms with Crippen molar-refractivity contribution >= 4 is 34.1 Å². The van der Waals surface area contributed by atoms with Crippen molar-refractivity contribution in [2.24, 2.45) is 0 Å². The van der Waals surface area contributed by atoms with Gasteiger partial charge in [-0.3, -0.25) is 9.78 Å². The molecule has 2 aromatic carbocycles. The van der Waals surface area contributed by atoms with Crippen LogP contribution in [0, 0.1) is 0 Å². The number of anilines is 1. The summed E-state index contributed by atoms with van der Waals surface area (Å²) >= 11 is 5.73. The molecule has 0 bridgehead atoms. The zero-order valence-corrected chi connectivity index (χ0v) is 11.6. The Morgan fingerprint density at radius 3 is 2.81 bits per heavy atom. The van der Waals surface area contributed by atoms with Crippen molar-refractivity contribution in [3.8, 4) is 5.75 Å². The maximum atomic E-state index is 12.2. The molecule has 1 aromatic heterocycles. The second-order valence-electron chi connectivity index (χ2n) is 4.53. The van der Waals surface area contributed by atoms with Gasteiger partial charge in [-0.05, 0) is 36.4 Å². The van der Waals surface area contributed by atoms with Crippen LogP contribution in [0.4, 0.5) is 5.69 Å². The van der Waals surface area contributed by atoms with Crippen LogP contribution in [-0.4, -0.2) is 16.0 Å². The van der Waals surface area contributed by atoms with E-state index in [9.17, 15) is 9.90 Å². The van der Waals surface area contributed by atoms with E-state index in [1.54, 1.807) is 30.5 Å². The maximum Gasteiger partial charge on any atom is 0.255 e. The molecule has 0 unspecified atom stereocenters. The van der Waals surface area contributed by atoms with Gasteiger partial charge in [0.1, 0.15) is 5.75 Å². The molecule has 0 radical (unpaired) electrons. The lowest BCUT2D eigenvalue weighted by Gasteiger charge is -2.07. The molecule has 104 valence electrons. The number of benzene rings is 2. The molecule has 2 N–H and O–H groups in total. The Balaban J connectivity index is 1.87. The Morgan fingerprint density at radius 2 is 2.00 bits per heavy atom. The summed E-state index contributed by atoms with van der Waals surface area (Å²) in [4.78, 5) is 16.4. The van der Waals surface area contributed by atoms with E-state index in [1.165, 1.54) is 12.1 Å². The minimum Gasteiger partial charge on any atom is -0.506 e. The van der Waals surface area contributed by atoms with E-state index in [2.05, 4.69) is 10.3 Å². The number of phenolic OH excluding ortho intramolecular Hbond substituents is 1. The highest BCUT2D eigenvalue weighted by molar-refractivity contribution is 6.32. The van der Waals surface area contributed by atoms with E-state index >= 15 is 0 Å². The van der Waals surface area contributed by atoms with Crippen molar-refractivity contribution in [1.29, 1.82) is 0 Å². The second kappa shape index (κ2) is 5.42. The molecule has 1 heterocycles. The number of fused-ring (bicyclic) bond motifs is 1. The molecule has 0 atom stereocenters. The second-order valence-corrected chi connectivity index (χ2v) is 4.94. The van der Waals surface area contributed by atoms with Crippen molar-refractivity contribution in [3.05, 3.63) is 65.3 Å². The number of carbonyl (C=O) groups excluding carboxylic acids is 1. The van der Waals surface area contributed by atoms with Crippen LogP contribution in [0.1, 0.15) is 10.4 Å². The van der Waals surface area contributed by atoms with Gasteiger partial charge in [-0.15, -0.1) is 0 Å². The van der Waals surface area contributed by atoms with Crippen LogP contribution in [0.3, 0.4) is 0 Å². The number of carbonyl (C=O) groups is 1. The Labute approximate surface area is 126 Å². The zero-order valence-electron chi connectivity index (χ0n) is 10.9. The molecule has 3 aromatic rings. The van der Waals surface area contributed by atoms with Crippen molar-refractivity contribution < 1.29 is 9.90 Å². The highest BCUT2D eigenvalue weighted by Gasteiger charge is 2.08. The molecule has 3 rings (SSSR count). The summed E-state index contributed by atoms with van der Waals surface area (Å²) in [5.74, 6) is -0.334. The molecule has 0 fully saturated rings. The highest BCUT2D eigenvalue weighted by atomic mass is 35.5. The van der Waals surface area contributed by atoms with Crippen LogP contribution in [0.2, 0.25) is 5.02 Å². The van der Waals surface area contributed by atoms with Gasteiger partial charge >= 0.3 is 0 Å². The number of amides is 1. The van der Waals surface area contributed by atoms with E-state index < -0.39 is 0 Å². The normalized spacial score (nSPS) is 10.5. The van der Waals surface area contributed by atoms with Crippen LogP contribution in [-0.2, 0) is 0 Å². The average molecular weight is 299 g/mol. The summed E-state index contributed by atoms with van der Waals surface area (Å²) in [7, 11) is 0. The SMILES string of the molecule is O=C(Nc1ccc(Cl)c(O)c1)c1ccc2ncccc2c1. The Kier molecular flexibility index (Phi) is 3.46. The summed E-state index contributed by atoms with van der Waals surface area (Å²) in [6, 6.07) is 13.5. The first kappa shape index (κ1) is 13.4. The Hall–Kier alpha value is -2.59. The van der Waals surface area contributed by atoms with E-state index in [0.29, 0.717) is 11.3 Å². The largest absolute Gasteiger partial charge is 0.506 e. The van der Waals surface area contributed by atoms with Gasteiger partial charge in [0.25, 0.3) is 5.91 Å². The Bertz CT molecular complexity index is 833. The Morgan fingerprint density at radius 1 is 1.14 bits per heavy atom. The number of pyridine rings is 1. The van der Waals surface area contributed by atoms with E-state index in [0.717, 1.165) is 10.9 Å². The molecule has 21 heavy (non-hydrogen) atoms. The fraction of sp³-hybridized carbons (Fsp3) is 0. The van der Waals surface area contributed by atoms with Crippen molar-refractivity contribution in [3.63, 3.8) is 0 Å². The number of nitrogens with zero attached hydrogens (tertiary/aromatic N) is 1. The lowest BCUT2D eigenvalue weighted by molar-refractivity contribution is 0.102. The van der Waals surface area contributed by atoms with Crippen LogP contribution in [0.5, 0.6) is 5.75 Å². The molecule has 0 spiro atoms. The quantitative estimate of drug-likeness (QED) is 0.755. The molecular weight excluding hydrogens is 288 g/mol. The zero-order chi connectivity index (χ0) is 14.8. The van der Waals surface area contributed by atoms with Crippen molar-refractivity contribution in [1.82, 2.24) is 4.98 Å². The van der Waals surface area contributed by atoms with Gasteiger partial charge in [-0.25, -0.2) is 0 Å². The van der Waals surface area contributed by atoms with Gasteiger partial charge in [-0.2, -0.15) is 0 Å². The highest BCUT2D eigenvalue weighted by Crippen LogP contribution is 2.26. The summed E-state index contributed by atoms with van der Waals surface area (Å²) in [5, 5.41) is 13.4. The number of hydrogen-bond donors (Lipinski definition) is 2. The van der Waals surface area contributed by atoms with Gasteiger partial charge < -0.3 is 10.4 Å². The number of halogens is 1. The summed E-state index contributed by atoms with van der Waals surface area (Å²) in [5.41, 5.74) is 1.83. The number of hydrogen-bond acceptors (Lipinski definition) is 3. The molecular formula is C16H11ClN2O2. The molecule has 4 nitrogen and oxygen atoms in total. The van der Waals surface area contributed by atoms with E-state index in [1.807, 2.05) is 12.1 Å². The minimum atomic E-state index is -0.262. The van der Waals surface area contributed by atoms with Crippen LogP contribution in [0.25, 0.3) is 10.9 Å². The number of nitrogens with one attached hydrogen (secondary N) is 1. The van der Waals surface area contributed by atoms with E-state index in [-0.39, 0.29) is 16.7 Å². The molecule has 0 aliphatic heterocycles. The molecule has 0 saturated heterocycles. The van der Waals surface area contributed by atoms with Crippen LogP contribution in [0.15, 0.2) is 54.7 Å². The first-order valence-corrected chi connectivity index (χ1v) is 6.66. The van der Waals surface area contributed by atoms with Gasteiger partial charge in [0.2, 0.25) is 0 Å². The lowest BCUT2D eigenvalue weighted by atomic mass is 10.1. The predicted molar refractivity (Wildman–Crippen MR) is 82.8 cm³/mol. The van der Waals surface area contributed by atoms with Crippen LogP contribution < -0.4 is 5.32 Å². The molecule has 0 saturated carbocycles.